The van der Waals surface area contributed by atoms with Crippen LogP contribution in [0.4, 0.5) is 0 Å². The molecule has 0 N–H and O–H groups in total. The van der Waals surface area contributed by atoms with Crippen molar-refractivity contribution in [2.24, 2.45) is 0 Å². The molecule has 0 amide bonds. The fraction of sp³-hybridized carbons (Fsp3) is 0.200. The Bertz CT molecular complexity index is 419. The zero-order valence-electron chi connectivity index (χ0n) is 9.52. The number of hydrogen-bond acceptors (Lipinski definition) is 1. The Hall–Kier alpha value is -0.910. The zero-order valence-corrected chi connectivity index (χ0v) is 11.2. The van der Waals surface area contributed by atoms with E-state index >= 15 is 0 Å². The van der Waals surface area contributed by atoms with Crippen LogP contribution in [-0.4, -0.2) is 17.0 Å². The van der Waals surface area contributed by atoms with Gasteiger partial charge in [-0.1, -0.05) is 84.7 Å². The van der Waals surface area contributed by atoms with Crippen molar-refractivity contribution >= 4 is 17.8 Å². The summed E-state index contributed by atoms with van der Waals surface area (Å²) in [6.07, 6.45) is 26.5. The highest BCUT2D eigenvalue weighted by Crippen LogP contribution is 2.64. The van der Waals surface area contributed by atoms with E-state index in [0.29, 0.717) is 17.0 Å². The van der Waals surface area contributed by atoms with Gasteiger partial charge in [0.05, 0.1) is 0 Å². The van der Waals surface area contributed by atoms with Crippen molar-refractivity contribution in [3.63, 3.8) is 0 Å². The van der Waals surface area contributed by atoms with Crippen molar-refractivity contribution in [3.8, 4) is 0 Å². The summed E-state index contributed by atoms with van der Waals surface area (Å²) >= 11 is 6.18. The second-order valence-corrected chi connectivity index (χ2v) is 9.76. The molecule has 0 aromatic rings. The minimum Gasteiger partial charge on any atom is -0.0947 e. The summed E-state index contributed by atoms with van der Waals surface area (Å²) in [5, 5.41) is 0. The smallest absolute Gasteiger partial charge is 0.0263 e. The first-order valence-electron chi connectivity index (χ1n) is 5.96. The van der Waals surface area contributed by atoms with Gasteiger partial charge < -0.3 is 0 Å². The summed E-state index contributed by atoms with van der Waals surface area (Å²) in [5.74, 6) is 0. The highest BCUT2D eigenvalue weighted by Gasteiger charge is 2.37. The molecule has 3 aliphatic rings. The Balaban J connectivity index is 2.03. The van der Waals surface area contributed by atoms with Crippen LogP contribution in [0.25, 0.3) is 0 Å². The molecule has 0 unspecified atom stereocenters. The molecule has 0 aromatic heterocycles. The van der Waals surface area contributed by atoms with Crippen molar-refractivity contribution in [3.05, 3.63) is 72.9 Å². The van der Waals surface area contributed by atoms with Crippen LogP contribution in [0.15, 0.2) is 72.9 Å². The first-order chi connectivity index (χ1) is 8.32. The molecule has 0 atom stereocenters. The lowest BCUT2D eigenvalue weighted by molar-refractivity contribution is 1.25. The van der Waals surface area contributed by atoms with Gasteiger partial charge in [-0.3, -0.25) is 0 Å². The molecule has 0 aliphatic heterocycles. The molecule has 3 rings (SSSR count). The van der Waals surface area contributed by atoms with Crippen LogP contribution in [0.3, 0.4) is 0 Å². The van der Waals surface area contributed by atoms with E-state index in [1.165, 1.54) is 0 Å². The molecule has 3 aliphatic carbocycles. The maximum Gasteiger partial charge on any atom is 0.0263 e. The normalized spacial score (nSPS) is 23.8. The summed E-state index contributed by atoms with van der Waals surface area (Å²) in [4.78, 5) is 0. The van der Waals surface area contributed by atoms with Crippen molar-refractivity contribution in [1.82, 2.24) is 0 Å². The molecule has 0 saturated carbocycles. The molecule has 0 nitrogen and oxygen atoms in total. The zero-order chi connectivity index (χ0) is 11.7. The van der Waals surface area contributed by atoms with Crippen LogP contribution < -0.4 is 0 Å². The van der Waals surface area contributed by atoms with Gasteiger partial charge in [-0.25, -0.2) is 0 Å². The molecule has 2 heteroatoms. The lowest BCUT2D eigenvalue weighted by Crippen LogP contribution is -2.18. The van der Waals surface area contributed by atoms with Crippen LogP contribution >= 0.6 is 6.04 Å². The fourth-order valence-corrected chi connectivity index (χ4v) is 7.33. The Morgan fingerprint density at radius 2 is 0.765 bits per heavy atom. The van der Waals surface area contributed by atoms with Crippen LogP contribution in [0.2, 0.25) is 0 Å². The molecular formula is C15H15PS. The quantitative estimate of drug-likeness (QED) is 0.691. The summed E-state index contributed by atoms with van der Waals surface area (Å²) < 4.78 is 0. The third-order valence-corrected chi connectivity index (χ3v) is 9.60. The van der Waals surface area contributed by atoms with E-state index < -0.39 is 6.04 Å². The minimum absolute atomic E-state index is 0.451. The van der Waals surface area contributed by atoms with Gasteiger partial charge >= 0.3 is 0 Å². The lowest BCUT2D eigenvalue weighted by atomic mass is 10.4. The van der Waals surface area contributed by atoms with Crippen molar-refractivity contribution < 1.29 is 0 Å². The van der Waals surface area contributed by atoms with Gasteiger partial charge in [0, 0.05) is 17.0 Å². The monoisotopic (exact) mass is 258 g/mol. The van der Waals surface area contributed by atoms with E-state index in [0.717, 1.165) is 0 Å². The van der Waals surface area contributed by atoms with Crippen LogP contribution in [0.1, 0.15) is 0 Å². The van der Waals surface area contributed by atoms with Crippen molar-refractivity contribution in [2.75, 3.05) is 0 Å². The summed E-state index contributed by atoms with van der Waals surface area (Å²) in [6, 6.07) is -1.55. The molecule has 0 fully saturated rings. The third kappa shape index (κ3) is 1.78. The first kappa shape index (κ1) is 11.2. The number of allylic oxidation sites excluding steroid dienone is 12. The fourth-order valence-electron chi connectivity index (χ4n) is 2.66. The van der Waals surface area contributed by atoms with Gasteiger partial charge in [0.15, 0.2) is 0 Å². The molecule has 0 spiro atoms. The molecule has 0 aromatic carbocycles. The Morgan fingerprint density at radius 1 is 0.529 bits per heavy atom. The molecule has 0 saturated heterocycles. The van der Waals surface area contributed by atoms with E-state index in [1.807, 2.05) is 0 Å². The highest BCUT2D eigenvalue weighted by atomic mass is 32.4. The van der Waals surface area contributed by atoms with Crippen LogP contribution in [0.5, 0.6) is 0 Å². The summed E-state index contributed by atoms with van der Waals surface area (Å²) in [7, 11) is 0. The third-order valence-electron chi connectivity index (χ3n) is 3.58. The Labute approximate surface area is 108 Å². The predicted octanol–water partition coefficient (Wildman–Crippen LogP) is 3.95. The average molecular weight is 258 g/mol. The molecule has 0 bridgehead atoms. The van der Waals surface area contributed by atoms with Gasteiger partial charge in [0.2, 0.25) is 0 Å². The largest absolute Gasteiger partial charge is 0.0947 e. The maximum absolute atomic E-state index is 6.18. The van der Waals surface area contributed by atoms with E-state index in [1.54, 1.807) is 0 Å². The van der Waals surface area contributed by atoms with Crippen LogP contribution in [-0.2, 0) is 11.8 Å². The standard InChI is InChI=1S/C15H15PS/c17-16(13-7-1-2-8-13,14-9-3-4-10-14)15-11-5-6-12-15/h1-15H. The molecule has 17 heavy (non-hydrogen) atoms. The summed E-state index contributed by atoms with van der Waals surface area (Å²) in [5.41, 5.74) is 1.35. The van der Waals surface area contributed by atoms with Gasteiger partial charge in [-0.05, 0) is 6.04 Å². The van der Waals surface area contributed by atoms with Crippen molar-refractivity contribution in [1.29, 1.82) is 0 Å². The Kier molecular flexibility index (Phi) is 2.90. The lowest BCUT2D eigenvalue weighted by Gasteiger charge is -2.34. The average Bonchev–Trinajstić information content (AvgIpc) is 3.10. The van der Waals surface area contributed by atoms with E-state index in [2.05, 4.69) is 72.9 Å². The first-order valence-corrected chi connectivity index (χ1v) is 8.97. The van der Waals surface area contributed by atoms with Gasteiger partial charge in [-0.15, -0.1) is 0 Å². The second kappa shape index (κ2) is 4.40. The minimum atomic E-state index is -1.55. The van der Waals surface area contributed by atoms with Crippen LogP contribution in [0, 0.1) is 0 Å². The highest BCUT2D eigenvalue weighted by molar-refractivity contribution is 8.16. The van der Waals surface area contributed by atoms with Gasteiger partial charge in [0.1, 0.15) is 0 Å². The molecule has 0 heterocycles. The molecule has 86 valence electrons. The maximum atomic E-state index is 6.18. The predicted molar refractivity (Wildman–Crippen MR) is 80.5 cm³/mol. The SMILES string of the molecule is S=P(C1C=CC=C1)(C1C=CC=C1)C1C=CC=C1. The van der Waals surface area contributed by atoms with E-state index in [9.17, 15) is 0 Å². The number of rotatable bonds is 3. The van der Waals surface area contributed by atoms with E-state index in [4.69, 9.17) is 11.8 Å². The second-order valence-electron chi connectivity index (χ2n) is 4.54. The number of hydrogen-bond donors (Lipinski definition) is 0. The van der Waals surface area contributed by atoms with Crippen molar-refractivity contribution in [2.45, 2.75) is 17.0 Å². The Morgan fingerprint density at radius 3 is 1.00 bits per heavy atom. The molecular weight excluding hydrogens is 243 g/mol. The van der Waals surface area contributed by atoms with E-state index in [-0.39, 0.29) is 0 Å². The van der Waals surface area contributed by atoms with Gasteiger partial charge in [0.25, 0.3) is 0 Å². The topological polar surface area (TPSA) is 0 Å². The molecule has 0 radical (unpaired) electrons. The summed E-state index contributed by atoms with van der Waals surface area (Å²) in [6.45, 7) is 0. The van der Waals surface area contributed by atoms with Gasteiger partial charge in [-0.2, -0.15) is 0 Å².